The molecule has 0 spiro atoms. The Kier molecular flexibility index (Phi) is 3.62. The first kappa shape index (κ1) is 12.2. The molecule has 16 heavy (non-hydrogen) atoms. The third-order valence-electron chi connectivity index (χ3n) is 2.07. The molecular weight excluding hydrogens is 216 g/mol. The molecule has 0 aromatic carbocycles. The molecule has 1 aromatic rings. The minimum atomic E-state index is -1.29. The maximum absolute atomic E-state index is 11.3. The fraction of sp³-hybridized carbons (Fsp3) is 0.444. The van der Waals surface area contributed by atoms with Crippen molar-refractivity contribution >= 4 is 11.9 Å². The second-order valence-corrected chi connectivity index (χ2v) is 3.17. The normalized spacial score (nSPS) is 12.2. The van der Waals surface area contributed by atoms with Crippen molar-refractivity contribution in [1.82, 2.24) is 9.78 Å². The number of rotatable bonds is 4. The van der Waals surface area contributed by atoms with Crippen LogP contribution in [0.5, 0.6) is 0 Å². The molecule has 2 N–H and O–H groups in total. The lowest BCUT2D eigenvalue weighted by Crippen LogP contribution is -2.14. The first-order valence-corrected chi connectivity index (χ1v) is 4.47. The second-order valence-electron chi connectivity index (χ2n) is 3.17. The predicted octanol–water partition coefficient (Wildman–Crippen LogP) is -0.285. The van der Waals surface area contributed by atoms with E-state index < -0.39 is 24.5 Å². The zero-order valence-electron chi connectivity index (χ0n) is 8.88. The number of aryl methyl sites for hydroxylation is 1. The number of carbonyl (C=O) groups is 2. The number of aliphatic carboxylic acids is 1. The maximum Gasteiger partial charge on any atom is 0.341 e. The number of methoxy groups -OCH3 is 1. The number of ether oxygens (including phenoxy) is 1. The number of carboxylic acids is 1. The van der Waals surface area contributed by atoms with Crippen LogP contribution in [0.25, 0.3) is 0 Å². The summed E-state index contributed by atoms with van der Waals surface area (Å²) in [5.74, 6) is -1.82. The van der Waals surface area contributed by atoms with Crippen molar-refractivity contribution in [3.63, 3.8) is 0 Å². The topological polar surface area (TPSA) is 102 Å². The first-order valence-electron chi connectivity index (χ1n) is 4.47. The van der Waals surface area contributed by atoms with Crippen LogP contribution in [-0.2, 0) is 16.6 Å². The minimum Gasteiger partial charge on any atom is -0.481 e. The van der Waals surface area contributed by atoms with E-state index >= 15 is 0 Å². The van der Waals surface area contributed by atoms with Crippen LogP contribution in [0.4, 0.5) is 0 Å². The third-order valence-corrected chi connectivity index (χ3v) is 2.07. The molecule has 0 unspecified atom stereocenters. The first-order chi connectivity index (χ1) is 7.47. The Morgan fingerprint density at radius 3 is 2.75 bits per heavy atom. The lowest BCUT2D eigenvalue weighted by atomic mass is 10.1. The average Bonchev–Trinajstić information content (AvgIpc) is 2.58. The lowest BCUT2D eigenvalue weighted by molar-refractivity contribution is -0.139. The smallest absolute Gasteiger partial charge is 0.341 e. The van der Waals surface area contributed by atoms with Gasteiger partial charge in [0, 0.05) is 7.05 Å². The van der Waals surface area contributed by atoms with E-state index in [4.69, 9.17) is 5.11 Å². The molecule has 7 nitrogen and oxygen atoms in total. The third kappa shape index (κ3) is 2.37. The summed E-state index contributed by atoms with van der Waals surface area (Å²) in [4.78, 5) is 21.8. The van der Waals surface area contributed by atoms with Gasteiger partial charge in [-0.3, -0.25) is 9.48 Å². The van der Waals surface area contributed by atoms with Gasteiger partial charge in [0.05, 0.1) is 25.4 Å². The molecule has 0 aliphatic heterocycles. The summed E-state index contributed by atoms with van der Waals surface area (Å²) in [7, 11) is 2.70. The van der Waals surface area contributed by atoms with E-state index in [0.717, 1.165) is 0 Å². The highest BCUT2D eigenvalue weighted by Gasteiger charge is 2.24. The van der Waals surface area contributed by atoms with E-state index in [9.17, 15) is 14.7 Å². The van der Waals surface area contributed by atoms with Crippen LogP contribution < -0.4 is 0 Å². The van der Waals surface area contributed by atoms with Gasteiger partial charge in [-0.15, -0.1) is 0 Å². The van der Waals surface area contributed by atoms with E-state index in [0.29, 0.717) is 0 Å². The highest BCUT2D eigenvalue weighted by atomic mass is 16.5. The zero-order valence-corrected chi connectivity index (χ0v) is 8.88. The van der Waals surface area contributed by atoms with E-state index in [-0.39, 0.29) is 11.3 Å². The number of hydrogen-bond donors (Lipinski definition) is 2. The van der Waals surface area contributed by atoms with Crippen LogP contribution in [0.1, 0.15) is 28.6 Å². The molecule has 1 atom stereocenters. The van der Waals surface area contributed by atoms with Crippen molar-refractivity contribution in [2.75, 3.05) is 7.11 Å². The van der Waals surface area contributed by atoms with Crippen molar-refractivity contribution in [1.29, 1.82) is 0 Å². The molecule has 88 valence electrons. The molecule has 1 aromatic heterocycles. The Bertz CT molecular complexity index is 412. The monoisotopic (exact) mass is 228 g/mol. The summed E-state index contributed by atoms with van der Waals surface area (Å²) in [5.41, 5.74) is 0.202. The van der Waals surface area contributed by atoms with Crippen molar-refractivity contribution in [2.24, 2.45) is 7.05 Å². The molecule has 0 amide bonds. The quantitative estimate of drug-likeness (QED) is 0.687. The van der Waals surface area contributed by atoms with Crippen molar-refractivity contribution in [3.8, 4) is 0 Å². The van der Waals surface area contributed by atoms with Gasteiger partial charge in [0.1, 0.15) is 11.7 Å². The molecule has 0 saturated carbocycles. The largest absolute Gasteiger partial charge is 0.481 e. The van der Waals surface area contributed by atoms with Gasteiger partial charge in [0.25, 0.3) is 0 Å². The summed E-state index contributed by atoms with van der Waals surface area (Å²) in [6.07, 6.45) is -0.561. The summed E-state index contributed by atoms with van der Waals surface area (Å²) < 4.78 is 5.74. The van der Waals surface area contributed by atoms with Gasteiger partial charge in [0.2, 0.25) is 0 Å². The molecule has 0 saturated heterocycles. The summed E-state index contributed by atoms with van der Waals surface area (Å²) >= 11 is 0. The van der Waals surface area contributed by atoms with Crippen LogP contribution in [0.15, 0.2) is 6.20 Å². The van der Waals surface area contributed by atoms with E-state index in [1.54, 1.807) is 0 Å². The number of esters is 1. The number of aromatic nitrogens is 2. The number of carboxylic acid groups (broad SMARTS) is 1. The van der Waals surface area contributed by atoms with Gasteiger partial charge in [-0.25, -0.2) is 4.79 Å². The predicted molar refractivity (Wildman–Crippen MR) is 51.8 cm³/mol. The van der Waals surface area contributed by atoms with Gasteiger partial charge >= 0.3 is 11.9 Å². The summed E-state index contributed by atoms with van der Waals surface area (Å²) in [6, 6.07) is 0. The summed E-state index contributed by atoms with van der Waals surface area (Å²) in [6.45, 7) is 0. The molecule has 0 radical (unpaired) electrons. The number of nitrogens with zero attached hydrogens (tertiary/aromatic N) is 2. The highest BCUT2D eigenvalue weighted by Crippen LogP contribution is 2.20. The van der Waals surface area contributed by atoms with Crippen molar-refractivity contribution in [2.45, 2.75) is 12.5 Å². The van der Waals surface area contributed by atoms with E-state index in [1.165, 1.54) is 25.0 Å². The van der Waals surface area contributed by atoms with Crippen LogP contribution in [-0.4, -0.2) is 39.0 Å². The van der Waals surface area contributed by atoms with Crippen LogP contribution in [0.3, 0.4) is 0 Å². The Morgan fingerprint density at radius 1 is 1.62 bits per heavy atom. The highest BCUT2D eigenvalue weighted by molar-refractivity contribution is 5.90. The standard InChI is InChI=1S/C9H12N2O5/c1-11-8(6(12)3-7(13)14)5(4-10-11)9(15)16-2/h4,6,12H,3H2,1-2H3,(H,13,14)/t6-/m0/s1. The van der Waals surface area contributed by atoms with Gasteiger partial charge < -0.3 is 14.9 Å². The van der Waals surface area contributed by atoms with Crippen LogP contribution in [0, 0.1) is 0 Å². The summed E-state index contributed by atoms with van der Waals surface area (Å²) in [5, 5.41) is 22.0. The molecule has 0 bridgehead atoms. The number of carbonyl (C=O) groups excluding carboxylic acids is 1. The van der Waals surface area contributed by atoms with Gasteiger partial charge in [-0.1, -0.05) is 0 Å². The fourth-order valence-corrected chi connectivity index (χ4v) is 1.37. The van der Waals surface area contributed by atoms with Crippen LogP contribution >= 0.6 is 0 Å². The van der Waals surface area contributed by atoms with Gasteiger partial charge in [-0.05, 0) is 0 Å². The molecule has 1 rings (SSSR count). The van der Waals surface area contributed by atoms with Crippen LogP contribution in [0.2, 0.25) is 0 Å². The van der Waals surface area contributed by atoms with Gasteiger partial charge in [0.15, 0.2) is 0 Å². The lowest BCUT2D eigenvalue weighted by Gasteiger charge is -2.10. The Morgan fingerprint density at radius 2 is 2.25 bits per heavy atom. The second kappa shape index (κ2) is 4.75. The Hall–Kier alpha value is -1.89. The fourth-order valence-electron chi connectivity index (χ4n) is 1.37. The van der Waals surface area contributed by atoms with Crippen molar-refractivity contribution in [3.05, 3.63) is 17.5 Å². The molecule has 0 aliphatic rings. The minimum absolute atomic E-state index is 0.0683. The van der Waals surface area contributed by atoms with Crippen molar-refractivity contribution < 1.29 is 24.5 Å². The molecular formula is C9H12N2O5. The Balaban J connectivity index is 3.06. The molecule has 7 heteroatoms. The van der Waals surface area contributed by atoms with E-state index in [2.05, 4.69) is 9.84 Å². The number of hydrogen-bond acceptors (Lipinski definition) is 5. The SMILES string of the molecule is COC(=O)c1cnn(C)c1[C@@H](O)CC(=O)O. The average molecular weight is 228 g/mol. The molecule has 1 heterocycles. The maximum atomic E-state index is 11.3. The van der Waals surface area contributed by atoms with Gasteiger partial charge in [-0.2, -0.15) is 5.10 Å². The Labute approximate surface area is 91.3 Å². The molecule has 0 aliphatic carbocycles. The molecule has 0 fully saturated rings. The number of aliphatic hydroxyl groups is 1. The number of aliphatic hydroxyl groups excluding tert-OH is 1. The zero-order chi connectivity index (χ0) is 12.3. The van der Waals surface area contributed by atoms with E-state index in [1.807, 2.05) is 0 Å².